The van der Waals surface area contributed by atoms with Crippen molar-refractivity contribution in [2.75, 3.05) is 13.1 Å². The van der Waals surface area contributed by atoms with Crippen LogP contribution in [0.4, 0.5) is 9.18 Å². The van der Waals surface area contributed by atoms with E-state index in [1.54, 1.807) is 17.0 Å². The van der Waals surface area contributed by atoms with Gasteiger partial charge in [-0.25, -0.2) is 9.18 Å². The Hall–Kier alpha value is -2.31. The van der Waals surface area contributed by atoms with Crippen molar-refractivity contribution in [3.63, 3.8) is 0 Å². The molecule has 1 N–H and O–H groups in total. The Morgan fingerprint density at radius 1 is 1.10 bits per heavy atom. The zero-order valence-corrected chi connectivity index (χ0v) is 19.1. The summed E-state index contributed by atoms with van der Waals surface area (Å²) in [4.78, 5) is 27.0. The highest BCUT2D eigenvalue weighted by atomic mass is 35.5. The maximum atomic E-state index is 13.2. The lowest BCUT2D eigenvalue weighted by atomic mass is 9.86. The van der Waals surface area contributed by atoms with E-state index >= 15 is 0 Å². The number of ether oxygens (including phenoxy) is 1. The van der Waals surface area contributed by atoms with Crippen LogP contribution in [0, 0.1) is 5.82 Å². The fraction of sp³-hybridized carbons (Fsp3) is 0.391. The number of halogens is 3. The van der Waals surface area contributed by atoms with E-state index < -0.39 is 17.5 Å². The number of rotatable bonds is 3. The van der Waals surface area contributed by atoms with Gasteiger partial charge in [-0.1, -0.05) is 29.3 Å². The third kappa shape index (κ3) is 6.11. The summed E-state index contributed by atoms with van der Waals surface area (Å²) >= 11 is 12.3. The number of benzene rings is 2. The van der Waals surface area contributed by atoms with Gasteiger partial charge in [0.2, 0.25) is 0 Å². The van der Waals surface area contributed by atoms with Gasteiger partial charge in [0.25, 0.3) is 5.91 Å². The molecule has 0 spiro atoms. The first-order chi connectivity index (χ1) is 14.5. The molecule has 8 heteroatoms. The number of likely N-dealkylation sites (tertiary alicyclic amines) is 1. The van der Waals surface area contributed by atoms with Crippen molar-refractivity contribution in [1.29, 1.82) is 0 Å². The largest absolute Gasteiger partial charge is 0.444 e. The van der Waals surface area contributed by atoms with Crippen molar-refractivity contribution in [2.45, 2.75) is 44.8 Å². The molecular formula is C23H25Cl2FN2O3. The second-order valence-electron chi connectivity index (χ2n) is 8.58. The molecule has 0 radical (unpaired) electrons. The van der Waals surface area contributed by atoms with Crippen molar-refractivity contribution in [3.8, 4) is 0 Å². The highest BCUT2D eigenvalue weighted by Crippen LogP contribution is 2.32. The first-order valence-corrected chi connectivity index (χ1v) is 10.8. The Bertz CT molecular complexity index is 960. The molecule has 1 aliphatic heterocycles. The average molecular weight is 467 g/mol. The second-order valence-corrected chi connectivity index (χ2v) is 9.40. The Labute approximate surface area is 191 Å². The SMILES string of the molecule is CC(C)(C)OC(=O)N1CC[C@@H](NC(=O)c2ccc(F)cc2)C(c2ccc(Cl)c(Cl)c2)C1. The van der Waals surface area contributed by atoms with Gasteiger partial charge in [-0.2, -0.15) is 0 Å². The number of nitrogens with one attached hydrogen (secondary N) is 1. The van der Waals surface area contributed by atoms with Crippen molar-refractivity contribution >= 4 is 35.2 Å². The average Bonchev–Trinajstić information content (AvgIpc) is 2.69. The molecular weight excluding hydrogens is 442 g/mol. The van der Waals surface area contributed by atoms with E-state index in [4.69, 9.17) is 27.9 Å². The summed E-state index contributed by atoms with van der Waals surface area (Å²) in [6.07, 6.45) is 0.123. The predicted molar refractivity (Wildman–Crippen MR) is 119 cm³/mol. The van der Waals surface area contributed by atoms with Gasteiger partial charge in [-0.15, -0.1) is 0 Å². The fourth-order valence-corrected chi connectivity index (χ4v) is 3.86. The van der Waals surface area contributed by atoms with Gasteiger partial charge in [0.1, 0.15) is 11.4 Å². The van der Waals surface area contributed by atoms with Crippen LogP contribution in [0.5, 0.6) is 0 Å². The van der Waals surface area contributed by atoms with Gasteiger partial charge in [-0.3, -0.25) is 4.79 Å². The lowest BCUT2D eigenvalue weighted by Gasteiger charge is -2.39. The molecule has 1 fully saturated rings. The molecule has 2 aromatic rings. The number of nitrogens with zero attached hydrogens (tertiary/aromatic N) is 1. The molecule has 1 heterocycles. The summed E-state index contributed by atoms with van der Waals surface area (Å²) in [6.45, 7) is 6.23. The van der Waals surface area contributed by atoms with Gasteiger partial charge in [0.05, 0.1) is 10.0 Å². The molecule has 0 saturated carbocycles. The molecule has 2 atom stereocenters. The van der Waals surface area contributed by atoms with Gasteiger partial charge >= 0.3 is 6.09 Å². The molecule has 0 aliphatic carbocycles. The van der Waals surface area contributed by atoms with Crippen LogP contribution in [0.2, 0.25) is 10.0 Å². The predicted octanol–water partition coefficient (Wildman–Crippen LogP) is 5.66. The van der Waals surface area contributed by atoms with Crippen molar-refractivity contribution in [1.82, 2.24) is 10.2 Å². The van der Waals surface area contributed by atoms with E-state index in [-0.39, 0.29) is 17.9 Å². The van der Waals surface area contributed by atoms with E-state index in [0.717, 1.165) is 5.56 Å². The van der Waals surface area contributed by atoms with Crippen LogP contribution in [0.25, 0.3) is 0 Å². The Morgan fingerprint density at radius 2 is 1.77 bits per heavy atom. The van der Waals surface area contributed by atoms with E-state index in [9.17, 15) is 14.0 Å². The quantitative estimate of drug-likeness (QED) is 0.634. The van der Waals surface area contributed by atoms with E-state index in [1.165, 1.54) is 24.3 Å². The number of hydrogen-bond acceptors (Lipinski definition) is 3. The van der Waals surface area contributed by atoms with E-state index in [0.29, 0.717) is 35.1 Å². The number of carbonyl (C=O) groups excluding carboxylic acids is 2. The van der Waals surface area contributed by atoms with Crippen LogP contribution in [0.15, 0.2) is 42.5 Å². The Kier molecular flexibility index (Phi) is 7.12. The molecule has 1 saturated heterocycles. The summed E-state index contributed by atoms with van der Waals surface area (Å²) in [5.74, 6) is -0.933. The molecule has 2 aromatic carbocycles. The van der Waals surface area contributed by atoms with Gasteiger partial charge in [0, 0.05) is 30.6 Å². The van der Waals surface area contributed by atoms with Crippen LogP contribution >= 0.6 is 23.2 Å². The third-order valence-electron chi connectivity index (χ3n) is 5.06. The van der Waals surface area contributed by atoms with Crippen molar-refractivity contribution in [2.24, 2.45) is 0 Å². The van der Waals surface area contributed by atoms with Crippen molar-refractivity contribution in [3.05, 3.63) is 69.5 Å². The standard InChI is InChI=1S/C23H25Cl2FN2O3/c1-23(2,3)31-22(30)28-11-10-20(27-21(29)14-4-7-16(26)8-5-14)17(13-28)15-6-9-18(24)19(25)12-15/h4-9,12,17,20H,10-11,13H2,1-3H3,(H,27,29)/t17?,20-/m1/s1. The van der Waals surface area contributed by atoms with Gasteiger partial charge < -0.3 is 15.0 Å². The van der Waals surface area contributed by atoms with Crippen LogP contribution in [0.1, 0.15) is 49.0 Å². The molecule has 0 bridgehead atoms. The molecule has 31 heavy (non-hydrogen) atoms. The molecule has 2 amide bonds. The Morgan fingerprint density at radius 3 is 2.39 bits per heavy atom. The van der Waals surface area contributed by atoms with Crippen LogP contribution in [-0.2, 0) is 4.74 Å². The first-order valence-electron chi connectivity index (χ1n) is 10.0. The summed E-state index contributed by atoms with van der Waals surface area (Å²) in [5, 5.41) is 3.86. The molecule has 1 unspecified atom stereocenters. The molecule has 3 rings (SSSR count). The highest BCUT2D eigenvalue weighted by molar-refractivity contribution is 6.42. The zero-order chi connectivity index (χ0) is 22.8. The second kappa shape index (κ2) is 9.45. The minimum absolute atomic E-state index is 0.222. The van der Waals surface area contributed by atoms with E-state index in [1.807, 2.05) is 26.8 Å². The van der Waals surface area contributed by atoms with E-state index in [2.05, 4.69) is 5.32 Å². The van der Waals surface area contributed by atoms with Gasteiger partial charge in [0.15, 0.2) is 0 Å². The highest BCUT2D eigenvalue weighted by Gasteiger charge is 2.35. The number of amides is 2. The lowest BCUT2D eigenvalue weighted by Crippen LogP contribution is -2.52. The first kappa shape index (κ1) is 23.4. The number of piperidine rings is 1. The number of carbonyl (C=O) groups is 2. The Balaban J connectivity index is 1.83. The maximum Gasteiger partial charge on any atom is 0.410 e. The van der Waals surface area contributed by atoms with Crippen molar-refractivity contribution < 1.29 is 18.7 Å². The van der Waals surface area contributed by atoms with Crippen LogP contribution in [0.3, 0.4) is 0 Å². The smallest absolute Gasteiger partial charge is 0.410 e. The monoisotopic (exact) mass is 466 g/mol. The van der Waals surface area contributed by atoms with Gasteiger partial charge in [-0.05, 0) is 69.2 Å². The summed E-state index contributed by atoms with van der Waals surface area (Å²) in [6, 6.07) is 10.4. The normalized spacial score (nSPS) is 19.1. The minimum atomic E-state index is -0.607. The number of hydrogen-bond donors (Lipinski definition) is 1. The summed E-state index contributed by atoms with van der Waals surface area (Å²) in [7, 11) is 0. The topological polar surface area (TPSA) is 58.6 Å². The minimum Gasteiger partial charge on any atom is -0.444 e. The fourth-order valence-electron chi connectivity index (χ4n) is 3.55. The van der Waals surface area contributed by atoms with Crippen LogP contribution < -0.4 is 5.32 Å². The zero-order valence-electron chi connectivity index (χ0n) is 17.6. The maximum absolute atomic E-state index is 13.2. The molecule has 0 aromatic heterocycles. The molecule has 1 aliphatic rings. The summed E-state index contributed by atoms with van der Waals surface area (Å²) in [5.41, 5.74) is 0.611. The lowest BCUT2D eigenvalue weighted by molar-refractivity contribution is 0.0177. The molecule has 5 nitrogen and oxygen atoms in total. The van der Waals surface area contributed by atoms with Crippen LogP contribution in [-0.4, -0.2) is 41.6 Å². The summed E-state index contributed by atoms with van der Waals surface area (Å²) < 4.78 is 18.7. The third-order valence-corrected chi connectivity index (χ3v) is 5.80. The molecule has 166 valence electrons.